The van der Waals surface area contributed by atoms with E-state index in [2.05, 4.69) is 54.6 Å². The molecule has 0 aromatic heterocycles. The summed E-state index contributed by atoms with van der Waals surface area (Å²) in [5.74, 6) is 0. The summed E-state index contributed by atoms with van der Waals surface area (Å²) in [6, 6.07) is 0. The first-order chi connectivity index (χ1) is 5.75. The summed E-state index contributed by atoms with van der Waals surface area (Å²) in [5, 5.41) is 0. The lowest BCUT2D eigenvalue weighted by molar-refractivity contribution is 1.77. The molecule has 0 rings (SSSR count). The summed E-state index contributed by atoms with van der Waals surface area (Å²) in [5.41, 5.74) is -2.26. The van der Waals surface area contributed by atoms with Gasteiger partial charge in [0.2, 0.25) is 0 Å². The van der Waals surface area contributed by atoms with Gasteiger partial charge in [-0.2, -0.15) is 0 Å². The third-order valence-electron chi connectivity index (χ3n) is 2.07. The molecule has 0 aliphatic rings. The first-order valence-electron chi connectivity index (χ1n) is 5.44. The van der Waals surface area contributed by atoms with Gasteiger partial charge in [-0.05, 0) is 0 Å². The molecule has 0 radical (unpaired) electrons. The quantitative estimate of drug-likeness (QED) is 0.530. The van der Waals surface area contributed by atoms with E-state index < -0.39 is 27.4 Å². The monoisotopic (exact) mass is 271 g/mol. The Hall–Kier alpha value is 1.13. The van der Waals surface area contributed by atoms with Crippen molar-refractivity contribution in [1.29, 1.82) is 0 Å². The van der Waals surface area contributed by atoms with Crippen LogP contribution >= 0.6 is 15.3 Å². The predicted molar refractivity (Wildman–Crippen MR) is 67.2 cm³/mol. The fourth-order valence-corrected chi connectivity index (χ4v) is 30.4. The van der Waals surface area contributed by atoms with E-state index in [0.717, 1.165) is 0 Å². The van der Waals surface area contributed by atoms with Crippen molar-refractivity contribution in [2.24, 2.45) is 0 Å². The molecule has 0 spiro atoms. The van der Waals surface area contributed by atoms with Gasteiger partial charge in [-0.3, -0.25) is 0 Å². The van der Waals surface area contributed by atoms with E-state index in [1.165, 1.54) is 0 Å². The van der Waals surface area contributed by atoms with Crippen LogP contribution in [0, 0.1) is 0 Å². The number of hydrogen-bond donors (Lipinski definition) is 0. The summed E-state index contributed by atoms with van der Waals surface area (Å²) in [6.45, 7) is 11.4. The van der Waals surface area contributed by atoms with Crippen molar-refractivity contribution in [2.45, 2.75) is 45.8 Å². The molecule has 0 atom stereocenters. The van der Waals surface area contributed by atoms with Crippen molar-refractivity contribution in [1.82, 2.24) is 0 Å². The van der Waals surface area contributed by atoms with Crippen molar-refractivity contribution in [3.05, 3.63) is 0 Å². The average Bonchev–Trinajstić information content (AvgIpc) is 1.77. The molecule has 68 valence electrons. The highest BCUT2D eigenvalue weighted by atomic mass is 79.9. The van der Waals surface area contributed by atoms with Gasteiger partial charge in [0, 0.05) is 19.3 Å². The molecule has 0 saturated carbocycles. The molecule has 0 unspecified atom stereocenters. The Balaban J connectivity index is 5.54. The zero-order chi connectivity index (χ0) is 12.0. The number of hydrogen-bond acceptors (Lipinski definition) is 0. The summed E-state index contributed by atoms with van der Waals surface area (Å²) in [4.78, 5) is 0. The molecule has 0 aliphatic heterocycles. The van der Waals surface area contributed by atoms with Gasteiger partial charge in [-0.1, -0.05) is 45.8 Å². The van der Waals surface area contributed by atoms with E-state index >= 15 is 0 Å². The van der Waals surface area contributed by atoms with Crippen LogP contribution in [-0.2, 0) is 0 Å². The summed E-state index contributed by atoms with van der Waals surface area (Å²) >= 11 is 3.75. The maximum absolute atomic E-state index is 7.81. The maximum Gasteiger partial charge on any atom is 0.111 e. The van der Waals surface area contributed by atoms with Crippen LogP contribution < -0.4 is 0 Å². The molecule has 0 amide bonds. The van der Waals surface area contributed by atoms with Crippen molar-refractivity contribution < 1.29 is 4.11 Å². The third-order valence-corrected chi connectivity index (χ3v) is 53.5. The van der Waals surface area contributed by atoms with Crippen molar-refractivity contribution in [3.8, 4) is 0 Å². The lowest BCUT2D eigenvalue weighted by Gasteiger charge is -2.42. The van der Waals surface area contributed by atoms with E-state index in [-0.39, 0.29) is 0 Å². The third kappa shape index (κ3) is 2.54. The fourth-order valence-electron chi connectivity index (χ4n) is 1.12. The van der Waals surface area contributed by atoms with E-state index in [1.807, 2.05) is 0 Å². The van der Waals surface area contributed by atoms with E-state index in [0.29, 0.717) is 0 Å². The Morgan fingerprint density at radius 1 is 0.909 bits per heavy atom. The second-order valence-electron chi connectivity index (χ2n) is 5.16. The van der Waals surface area contributed by atoms with Crippen LogP contribution in [0.3, 0.4) is 0 Å². The molecular weight excluding hydrogens is 248 g/mol. The zero-order valence-corrected chi connectivity index (χ0v) is 13.0. The molecule has 0 fully saturated rings. The topological polar surface area (TPSA) is 0 Å². The van der Waals surface area contributed by atoms with Crippen LogP contribution in [0.15, 0.2) is 0 Å². The molecule has 0 saturated heterocycles. The Morgan fingerprint density at radius 2 is 1.18 bits per heavy atom. The van der Waals surface area contributed by atoms with Gasteiger partial charge in [0.15, 0.2) is 0 Å². The van der Waals surface area contributed by atoms with Gasteiger partial charge in [0.25, 0.3) is 0 Å². The van der Waals surface area contributed by atoms with Gasteiger partial charge in [0.05, 0.1) is 0 Å². The minimum Gasteiger partial charge on any atom is -0.133 e. The Bertz CT molecular complexity index is 178. The zero-order valence-electron chi connectivity index (χ0n) is 11.4. The van der Waals surface area contributed by atoms with Gasteiger partial charge < -0.3 is 0 Å². The van der Waals surface area contributed by atoms with Gasteiger partial charge in [0.1, 0.15) is 5.73 Å². The first kappa shape index (κ1) is 7.53. The first-order valence-corrected chi connectivity index (χ1v) is 17.2. The highest BCUT2D eigenvalue weighted by Crippen LogP contribution is 2.33. The Morgan fingerprint density at radius 3 is 1.18 bits per heavy atom. The van der Waals surface area contributed by atoms with Crippen molar-refractivity contribution in [3.63, 3.8) is 0 Å². The van der Waals surface area contributed by atoms with Crippen LogP contribution in [0.2, 0.25) is 45.8 Å². The van der Waals surface area contributed by atoms with E-state index in [4.69, 9.17) is 4.11 Å². The SMILES string of the molecule is [2H]C([2H])([2H])[Si](Br)([Si](C)(C)C)[Si](C)(C)C. The number of rotatable bonds is 2. The largest absolute Gasteiger partial charge is 0.133 e. The van der Waals surface area contributed by atoms with Gasteiger partial charge in [-0.15, -0.1) is 15.3 Å². The van der Waals surface area contributed by atoms with Crippen LogP contribution in [0.5, 0.6) is 0 Å². The summed E-state index contributed by atoms with van der Waals surface area (Å²) < 4.78 is 23.4. The molecular formula is C7H21BrSi3. The maximum atomic E-state index is 7.81. The normalized spacial score (nSPS) is 20.5. The second-order valence-corrected chi connectivity index (χ2v) is 38.4. The number of halogens is 1. The molecule has 11 heavy (non-hydrogen) atoms. The molecule has 0 nitrogen and oxygen atoms in total. The Labute approximate surface area is 86.2 Å². The Kier molecular flexibility index (Phi) is 2.14. The van der Waals surface area contributed by atoms with Crippen LogP contribution in [0.4, 0.5) is 0 Å². The highest BCUT2D eigenvalue weighted by molar-refractivity contribution is 9.29. The smallest absolute Gasteiger partial charge is 0.111 e. The molecule has 0 aliphatic carbocycles. The predicted octanol–water partition coefficient (Wildman–Crippen LogP) is 3.79. The molecule has 0 aromatic rings. The molecule has 4 heteroatoms. The molecule has 0 bridgehead atoms. The van der Waals surface area contributed by atoms with Gasteiger partial charge >= 0.3 is 0 Å². The van der Waals surface area contributed by atoms with Crippen LogP contribution in [0.1, 0.15) is 4.11 Å². The van der Waals surface area contributed by atoms with Crippen LogP contribution in [0.25, 0.3) is 0 Å². The van der Waals surface area contributed by atoms with E-state index in [9.17, 15) is 0 Å². The standard InChI is InChI=1S/C7H21BrSi3/c1-9(2,3)11(7,8)10(4,5)6/h1-7H3/i7D3. The minimum absolute atomic E-state index is 1.63. The molecule has 0 aromatic carbocycles. The average molecular weight is 272 g/mol. The highest BCUT2D eigenvalue weighted by Gasteiger charge is 2.49. The summed E-state index contributed by atoms with van der Waals surface area (Å²) in [7, 11) is -3.25. The summed E-state index contributed by atoms with van der Waals surface area (Å²) in [6.07, 6.45) is 0. The lowest BCUT2D eigenvalue weighted by Crippen LogP contribution is -2.65. The fraction of sp³-hybridized carbons (Fsp3) is 1.00. The second kappa shape index (κ2) is 3.12. The van der Waals surface area contributed by atoms with Crippen molar-refractivity contribution >= 4 is 36.2 Å². The van der Waals surface area contributed by atoms with Gasteiger partial charge in [-0.25, -0.2) is 0 Å². The molecule has 0 heterocycles. The van der Waals surface area contributed by atoms with Crippen LogP contribution in [-0.4, -0.2) is 20.9 Å². The van der Waals surface area contributed by atoms with E-state index in [1.54, 1.807) is 0 Å². The lowest BCUT2D eigenvalue weighted by atomic mass is 11.8. The van der Waals surface area contributed by atoms with Crippen molar-refractivity contribution in [2.75, 3.05) is 0 Å². The minimum atomic E-state index is -2.26. The molecule has 0 N–H and O–H groups in total.